The summed E-state index contributed by atoms with van der Waals surface area (Å²) in [5, 5.41) is 5.88. The molecule has 7 nitrogen and oxygen atoms in total. The third-order valence-corrected chi connectivity index (χ3v) is 5.63. The molecule has 3 atom stereocenters. The number of piperazine rings is 1. The zero-order valence-corrected chi connectivity index (χ0v) is 15.8. The topological polar surface area (TPSA) is 81.8 Å². The zero-order valence-electron chi connectivity index (χ0n) is 15.8. The molecule has 2 fully saturated rings. The van der Waals surface area contributed by atoms with Crippen molar-refractivity contribution < 1.29 is 14.4 Å². The van der Waals surface area contributed by atoms with Gasteiger partial charge in [0.1, 0.15) is 6.04 Å². The van der Waals surface area contributed by atoms with Gasteiger partial charge in [-0.25, -0.2) is 0 Å². The van der Waals surface area contributed by atoms with Gasteiger partial charge in [-0.05, 0) is 37.5 Å². The number of piperidine rings is 1. The highest BCUT2D eigenvalue weighted by Gasteiger charge is 2.39. The zero-order chi connectivity index (χ0) is 19.1. The van der Waals surface area contributed by atoms with Crippen LogP contribution in [-0.4, -0.2) is 58.7 Å². The fraction of sp³-hybridized carbons (Fsp3) is 0.550. The molecular weight excluding hydrogens is 344 g/mol. The van der Waals surface area contributed by atoms with E-state index in [2.05, 4.69) is 35.4 Å². The molecule has 2 saturated heterocycles. The number of nitrogens with zero attached hydrogens (tertiary/aromatic N) is 2. The number of imide groups is 1. The van der Waals surface area contributed by atoms with E-state index in [4.69, 9.17) is 0 Å². The van der Waals surface area contributed by atoms with Crippen LogP contribution in [0.3, 0.4) is 0 Å². The van der Waals surface area contributed by atoms with Crippen LogP contribution >= 0.6 is 0 Å². The molecule has 1 aromatic carbocycles. The third-order valence-electron chi connectivity index (χ3n) is 5.63. The van der Waals surface area contributed by atoms with E-state index in [0.29, 0.717) is 30.6 Å². The van der Waals surface area contributed by atoms with E-state index in [9.17, 15) is 14.4 Å². The van der Waals surface area contributed by atoms with Gasteiger partial charge in [0.2, 0.25) is 11.8 Å². The summed E-state index contributed by atoms with van der Waals surface area (Å²) in [6.45, 7) is 7.69. The Bertz CT molecular complexity index is 783. The summed E-state index contributed by atoms with van der Waals surface area (Å²) in [5.41, 5.74) is 2.83. The number of benzene rings is 1. The maximum atomic E-state index is 12.8. The van der Waals surface area contributed by atoms with Gasteiger partial charge in [-0.1, -0.05) is 12.1 Å². The van der Waals surface area contributed by atoms with Gasteiger partial charge < -0.3 is 10.2 Å². The fourth-order valence-corrected chi connectivity index (χ4v) is 4.55. The Morgan fingerprint density at radius 1 is 1.11 bits per heavy atom. The first-order valence-electron chi connectivity index (χ1n) is 9.65. The van der Waals surface area contributed by atoms with E-state index >= 15 is 0 Å². The van der Waals surface area contributed by atoms with Crippen molar-refractivity contribution in [3.63, 3.8) is 0 Å². The van der Waals surface area contributed by atoms with Crippen LogP contribution in [-0.2, 0) is 22.7 Å². The number of hydrogen-bond donors (Lipinski definition) is 2. The summed E-state index contributed by atoms with van der Waals surface area (Å²) in [7, 11) is 0. The highest BCUT2D eigenvalue weighted by atomic mass is 16.2. The van der Waals surface area contributed by atoms with Crippen molar-refractivity contribution in [1.29, 1.82) is 0 Å². The van der Waals surface area contributed by atoms with E-state index in [1.54, 1.807) is 4.90 Å². The number of nitrogens with one attached hydrogen (secondary N) is 2. The molecule has 0 aliphatic carbocycles. The van der Waals surface area contributed by atoms with Crippen LogP contribution < -0.4 is 10.6 Å². The number of hydrogen-bond acceptors (Lipinski definition) is 5. The van der Waals surface area contributed by atoms with Crippen molar-refractivity contribution in [2.45, 2.75) is 57.9 Å². The molecule has 2 N–H and O–H groups in total. The molecule has 3 heterocycles. The molecule has 7 heteroatoms. The van der Waals surface area contributed by atoms with Gasteiger partial charge >= 0.3 is 0 Å². The molecule has 3 aliphatic rings. The van der Waals surface area contributed by atoms with Gasteiger partial charge in [-0.15, -0.1) is 0 Å². The summed E-state index contributed by atoms with van der Waals surface area (Å²) in [6.07, 6.45) is 0.676. The number of fused-ring (bicyclic) bond motifs is 1. The largest absolute Gasteiger partial charge is 0.322 e. The lowest BCUT2D eigenvalue weighted by Crippen LogP contribution is -2.53. The monoisotopic (exact) mass is 370 g/mol. The number of carbonyl (C=O) groups is 3. The first-order chi connectivity index (χ1) is 12.9. The molecule has 27 heavy (non-hydrogen) atoms. The van der Waals surface area contributed by atoms with Crippen LogP contribution in [0, 0.1) is 0 Å². The fourth-order valence-electron chi connectivity index (χ4n) is 4.55. The van der Waals surface area contributed by atoms with E-state index in [-0.39, 0.29) is 24.1 Å². The SMILES string of the molecule is CC1CN(Cc2ccc3c(c2)CN(C2CCC(=O)NC2=O)C3=O)CC(C)N1. The Hall–Kier alpha value is -2.25. The lowest BCUT2D eigenvalue weighted by Gasteiger charge is -2.36. The quantitative estimate of drug-likeness (QED) is 0.763. The van der Waals surface area contributed by atoms with Gasteiger partial charge in [-0.3, -0.25) is 24.6 Å². The van der Waals surface area contributed by atoms with Gasteiger partial charge in [-0.2, -0.15) is 0 Å². The minimum atomic E-state index is -0.555. The Morgan fingerprint density at radius 3 is 2.56 bits per heavy atom. The van der Waals surface area contributed by atoms with Crippen molar-refractivity contribution in [1.82, 2.24) is 20.4 Å². The summed E-state index contributed by atoms with van der Waals surface area (Å²) in [5.74, 6) is -0.742. The highest BCUT2D eigenvalue weighted by Crippen LogP contribution is 2.28. The maximum absolute atomic E-state index is 12.8. The Labute approximate surface area is 159 Å². The molecule has 0 aromatic heterocycles. The van der Waals surface area contributed by atoms with Crippen molar-refractivity contribution in [3.8, 4) is 0 Å². The number of rotatable bonds is 3. The molecule has 3 amide bonds. The van der Waals surface area contributed by atoms with Crippen molar-refractivity contribution >= 4 is 17.7 Å². The molecule has 4 rings (SSSR count). The van der Waals surface area contributed by atoms with Crippen LogP contribution in [0.25, 0.3) is 0 Å². The Kier molecular flexibility index (Phi) is 4.74. The van der Waals surface area contributed by atoms with Crippen LogP contribution in [0.2, 0.25) is 0 Å². The molecule has 0 spiro atoms. The predicted octanol–water partition coefficient (Wildman–Crippen LogP) is 0.630. The van der Waals surface area contributed by atoms with E-state index in [0.717, 1.165) is 25.2 Å². The molecule has 0 bridgehead atoms. The minimum Gasteiger partial charge on any atom is -0.322 e. The maximum Gasteiger partial charge on any atom is 0.255 e. The molecule has 3 aliphatic heterocycles. The normalized spacial score (nSPS) is 29.0. The minimum absolute atomic E-state index is 0.115. The van der Waals surface area contributed by atoms with Crippen LogP contribution in [0.5, 0.6) is 0 Å². The first-order valence-corrected chi connectivity index (χ1v) is 9.65. The van der Waals surface area contributed by atoms with Gasteiger partial charge in [0, 0.05) is 50.2 Å². The van der Waals surface area contributed by atoms with Gasteiger partial charge in [0.05, 0.1) is 0 Å². The van der Waals surface area contributed by atoms with Gasteiger partial charge in [0.25, 0.3) is 5.91 Å². The second kappa shape index (κ2) is 7.05. The predicted molar refractivity (Wildman–Crippen MR) is 99.8 cm³/mol. The standard InChI is InChI=1S/C20H26N4O3/c1-12-8-23(9-13(2)21-12)10-14-3-4-16-15(7-14)11-24(20(16)27)17-5-6-18(25)22-19(17)26/h3-4,7,12-13,17,21H,5-6,8-11H2,1-2H3,(H,22,25,26). The average Bonchev–Trinajstić information content (AvgIpc) is 2.90. The number of amides is 3. The van der Waals surface area contributed by atoms with Crippen molar-refractivity contribution in [3.05, 3.63) is 34.9 Å². The number of carbonyl (C=O) groups excluding carboxylic acids is 3. The summed E-state index contributed by atoms with van der Waals surface area (Å²) in [4.78, 5) is 40.3. The second-order valence-corrected chi connectivity index (χ2v) is 8.05. The third kappa shape index (κ3) is 3.61. The molecule has 144 valence electrons. The highest BCUT2D eigenvalue weighted by molar-refractivity contribution is 6.05. The van der Waals surface area contributed by atoms with E-state index in [1.165, 1.54) is 5.56 Å². The van der Waals surface area contributed by atoms with Crippen LogP contribution in [0.15, 0.2) is 18.2 Å². The summed E-state index contributed by atoms with van der Waals surface area (Å²) >= 11 is 0. The van der Waals surface area contributed by atoms with E-state index < -0.39 is 6.04 Å². The molecule has 0 radical (unpaired) electrons. The lowest BCUT2D eigenvalue weighted by atomic mass is 10.0. The molecule has 0 saturated carbocycles. The molecule has 1 aromatic rings. The summed E-state index contributed by atoms with van der Waals surface area (Å²) < 4.78 is 0. The average molecular weight is 370 g/mol. The lowest BCUT2D eigenvalue weighted by molar-refractivity contribution is -0.136. The summed E-state index contributed by atoms with van der Waals surface area (Å²) in [6, 6.07) is 6.37. The second-order valence-electron chi connectivity index (χ2n) is 8.05. The molecule has 3 unspecified atom stereocenters. The van der Waals surface area contributed by atoms with Crippen LogP contribution in [0.1, 0.15) is 48.2 Å². The Balaban J connectivity index is 1.47. The van der Waals surface area contributed by atoms with Crippen molar-refractivity contribution in [2.24, 2.45) is 0 Å². The van der Waals surface area contributed by atoms with Crippen molar-refractivity contribution in [2.75, 3.05) is 13.1 Å². The van der Waals surface area contributed by atoms with Crippen LogP contribution in [0.4, 0.5) is 0 Å². The van der Waals surface area contributed by atoms with Gasteiger partial charge in [0.15, 0.2) is 0 Å². The Morgan fingerprint density at radius 2 is 1.85 bits per heavy atom. The molecular formula is C20H26N4O3. The smallest absolute Gasteiger partial charge is 0.255 e. The van der Waals surface area contributed by atoms with E-state index in [1.807, 2.05) is 12.1 Å². The first kappa shape index (κ1) is 18.1.